The highest BCUT2D eigenvalue weighted by Gasteiger charge is 2.04. The van der Waals surface area contributed by atoms with Crippen LogP contribution in [0.2, 0.25) is 0 Å². The van der Waals surface area contributed by atoms with Crippen LogP contribution in [0, 0.1) is 6.92 Å². The normalized spacial score (nSPS) is 10.8. The average molecular weight is 177 g/mol. The van der Waals surface area contributed by atoms with Crippen molar-refractivity contribution >= 4 is 10.5 Å². The molecular formula is C8H13ClS. The molecule has 0 amide bonds. The van der Waals surface area contributed by atoms with Gasteiger partial charge in [0.15, 0.2) is 0 Å². The molecule has 0 saturated heterocycles. The summed E-state index contributed by atoms with van der Waals surface area (Å²) in [5, 5.41) is 2.32. The van der Waals surface area contributed by atoms with Gasteiger partial charge in [-0.1, -0.05) is 6.92 Å². The zero-order valence-corrected chi connectivity index (χ0v) is 8.00. The van der Waals surface area contributed by atoms with Gasteiger partial charge < -0.3 is 12.4 Å². The van der Waals surface area contributed by atoms with E-state index in [0.29, 0.717) is 10.5 Å². The van der Waals surface area contributed by atoms with Gasteiger partial charge in [0, 0.05) is 6.92 Å². The Bertz CT molecular complexity index is 181. The minimum absolute atomic E-state index is 0. The van der Waals surface area contributed by atoms with Crippen LogP contribution in [-0.4, -0.2) is 0 Å². The van der Waals surface area contributed by atoms with Gasteiger partial charge in [-0.15, -0.1) is 0 Å². The Hall–Kier alpha value is -0.0100. The molecule has 1 aromatic rings. The molecule has 0 aliphatic heterocycles. The van der Waals surface area contributed by atoms with E-state index in [4.69, 9.17) is 0 Å². The maximum absolute atomic E-state index is 2.32. The molecular weight excluding hydrogens is 164 g/mol. The van der Waals surface area contributed by atoms with Crippen LogP contribution in [0.1, 0.15) is 18.2 Å². The van der Waals surface area contributed by atoms with Crippen LogP contribution in [0.3, 0.4) is 0 Å². The Morgan fingerprint density at radius 3 is 2.60 bits per heavy atom. The summed E-state index contributed by atoms with van der Waals surface area (Å²) in [5.74, 6) is 1.35. The van der Waals surface area contributed by atoms with Crippen LogP contribution in [0.5, 0.6) is 0 Å². The molecule has 0 aliphatic carbocycles. The van der Waals surface area contributed by atoms with E-state index in [9.17, 15) is 0 Å². The summed E-state index contributed by atoms with van der Waals surface area (Å²) in [4.78, 5) is 1.55. The fourth-order valence-corrected chi connectivity index (χ4v) is 2.55. The molecule has 1 unspecified atom stereocenters. The fourth-order valence-electron chi connectivity index (χ4n) is 0.913. The number of aryl methyl sites for hydroxylation is 2. The van der Waals surface area contributed by atoms with Gasteiger partial charge in [-0.2, -0.15) is 0 Å². The van der Waals surface area contributed by atoms with Gasteiger partial charge in [0.05, 0.1) is 0 Å². The molecule has 2 heteroatoms. The molecule has 1 atom stereocenters. The third-order valence-electron chi connectivity index (χ3n) is 1.41. The monoisotopic (exact) mass is 176 g/mol. The first-order valence-electron chi connectivity index (χ1n) is 3.39. The van der Waals surface area contributed by atoms with E-state index in [1.165, 1.54) is 12.2 Å². The first kappa shape index (κ1) is 9.99. The first-order valence-corrected chi connectivity index (χ1v) is 4.85. The average Bonchev–Trinajstić information content (AvgIpc) is 2.18. The molecule has 0 spiro atoms. The SMILES string of the molecule is CCC[s+]1cccc1C.[Cl-]. The van der Waals surface area contributed by atoms with Crippen LogP contribution in [0.15, 0.2) is 17.5 Å². The van der Waals surface area contributed by atoms with Gasteiger partial charge >= 0.3 is 0 Å². The maximum atomic E-state index is 2.32. The van der Waals surface area contributed by atoms with Crippen LogP contribution in [0.25, 0.3) is 0 Å². The zero-order valence-electron chi connectivity index (χ0n) is 6.43. The third kappa shape index (κ3) is 2.31. The second-order valence-electron chi connectivity index (χ2n) is 2.24. The van der Waals surface area contributed by atoms with E-state index < -0.39 is 0 Å². The number of thiophene rings is 1. The highest BCUT2D eigenvalue weighted by Crippen LogP contribution is 2.25. The standard InChI is InChI=1S/C8H13S.ClH/c1-3-6-9-7-4-5-8(9)2;/h4-5,7H,3,6H2,1-2H3;1H/q+1;/p-1. The summed E-state index contributed by atoms with van der Waals surface area (Å²) in [7, 11) is 0.508. The summed E-state index contributed by atoms with van der Waals surface area (Å²) >= 11 is 0. The molecule has 0 bridgehead atoms. The van der Waals surface area contributed by atoms with Gasteiger partial charge in [0.1, 0.15) is 16.0 Å². The molecule has 0 N–H and O–H groups in total. The van der Waals surface area contributed by atoms with Gasteiger partial charge in [-0.3, -0.25) is 0 Å². The lowest BCUT2D eigenvalue weighted by atomic mass is 10.5. The highest BCUT2D eigenvalue weighted by atomic mass is 35.5. The molecule has 0 saturated carbocycles. The molecule has 0 aromatic carbocycles. The Morgan fingerprint density at radius 2 is 2.20 bits per heavy atom. The van der Waals surface area contributed by atoms with Crippen molar-refractivity contribution in [1.29, 1.82) is 0 Å². The molecule has 0 fully saturated rings. The number of hydrogen-bond donors (Lipinski definition) is 0. The van der Waals surface area contributed by atoms with Gasteiger partial charge in [0.25, 0.3) is 0 Å². The summed E-state index contributed by atoms with van der Waals surface area (Å²) in [6.07, 6.45) is 1.30. The van der Waals surface area contributed by atoms with Crippen molar-refractivity contribution in [1.82, 2.24) is 0 Å². The van der Waals surface area contributed by atoms with E-state index in [0.717, 1.165) is 0 Å². The van der Waals surface area contributed by atoms with E-state index in [1.54, 1.807) is 4.88 Å². The highest BCUT2D eigenvalue weighted by molar-refractivity contribution is 7.29. The lowest BCUT2D eigenvalue weighted by Crippen LogP contribution is -3.00. The van der Waals surface area contributed by atoms with Crippen LogP contribution >= 0.6 is 10.5 Å². The molecule has 1 aromatic heterocycles. The van der Waals surface area contributed by atoms with Gasteiger partial charge in [-0.05, 0) is 29.0 Å². The largest absolute Gasteiger partial charge is 1.00 e. The van der Waals surface area contributed by atoms with Crippen molar-refractivity contribution in [3.8, 4) is 0 Å². The molecule has 1 heterocycles. The second kappa shape index (κ2) is 4.75. The molecule has 0 radical (unpaired) electrons. The minimum atomic E-state index is 0. The van der Waals surface area contributed by atoms with Crippen LogP contribution in [-0.2, 0) is 5.75 Å². The van der Waals surface area contributed by atoms with Crippen molar-refractivity contribution in [2.75, 3.05) is 0 Å². The molecule has 0 nitrogen and oxygen atoms in total. The molecule has 58 valence electrons. The number of rotatable bonds is 2. The van der Waals surface area contributed by atoms with Crippen molar-refractivity contribution in [2.24, 2.45) is 0 Å². The molecule has 1 rings (SSSR count). The lowest BCUT2D eigenvalue weighted by molar-refractivity contribution is -0.00000198. The number of halogens is 1. The predicted octanol–water partition coefficient (Wildman–Crippen LogP) is 0.158. The predicted molar refractivity (Wildman–Crippen MR) is 43.9 cm³/mol. The summed E-state index contributed by atoms with van der Waals surface area (Å²) in [6, 6.07) is 4.40. The Kier molecular flexibility index (Phi) is 4.75. The summed E-state index contributed by atoms with van der Waals surface area (Å²) in [6.45, 7) is 4.46. The van der Waals surface area contributed by atoms with Gasteiger partial charge in [-0.25, -0.2) is 0 Å². The smallest absolute Gasteiger partial charge is 0.147 e. The topological polar surface area (TPSA) is 0 Å². The molecule has 0 aliphatic rings. The number of hydrogen-bond acceptors (Lipinski definition) is 0. The van der Waals surface area contributed by atoms with Crippen LogP contribution in [0.4, 0.5) is 0 Å². The van der Waals surface area contributed by atoms with E-state index in [-0.39, 0.29) is 12.4 Å². The summed E-state index contributed by atoms with van der Waals surface area (Å²) in [5.41, 5.74) is 0. The first-order chi connectivity index (χ1) is 4.34. The Labute approximate surface area is 71.7 Å². The van der Waals surface area contributed by atoms with Gasteiger partial charge in [0.2, 0.25) is 0 Å². The zero-order chi connectivity index (χ0) is 6.69. The van der Waals surface area contributed by atoms with E-state index in [2.05, 4.69) is 31.4 Å². The van der Waals surface area contributed by atoms with Crippen molar-refractivity contribution in [3.63, 3.8) is 0 Å². The lowest BCUT2D eigenvalue weighted by Gasteiger charge is -1.83. The van der Waals surface area contributed by atoms with Crippen LogP contribution < -0.4 is 12.4 Å². The third-order valence-corrected chi connectivity index (χ3v) is 3.71. The Morgan fingerprint density at radius 1 is 1.50 bits per heavy atom. The van der Waals surface area contributed by atoms with Crippen molar-refractivity contribution in [2.45, 2.75) is 26.0 Å². The molecule has 10 heavy (non-hydrogen) atoms. The minimum Gasteiger partial charge on any atom is -1.00 e. The summed E-state index contributed by atoms with van der Waals surface area (Å²) < 4.78 is 0. The van der Waals surface area contributed by atoms with Crippen molar-refractivity contribution in [3.05, 3.63) is 22.4 Å². The Balaban J connectivity index is 0.000000810. The van der Waals surface area contributed by atoms with Crippen molar-refractivity contribution < 1.29 is 12.4 Å². The van der Waals surface area contributed by atoms with E-state index in [1.807, 2.05) is 0 Å². The maximum Gasteiger partial charge on any atom is 0.147 e. The quantitative estimate of drug-likeness (QED) is 0.564. The van der Waals surface area contributed by atoms with E-state index >= 15 is 0 Å². The fraction of sp³-hybridized carbons (Fsp3) is 0.500. The second-order valence-corrected chi connectivity index (χ2v) is 4.42.